The van der Waals surface area contributed by atoms with Gasteiger partial charge in [0.25, 0.3) is 5.91 Å². The van der Waals surface area contributed by atoms with E-state index in [-0.39, 0.29) is 5.91 Å². The highest BCUT2D eigenvalue weighted by molar-refractivity contribution is 5.97. The Kier molecular flexibility index (Phi) is 6.28. The molecule has 1 saturated heterocycles. The van der Waals surface area contributed by atoms with Crippen molar-refractivity contribution in [3.63, 3.8) is 0 Å². The summed E-state index contributed by atoms with van der Waals surface area (Å²) in [7, 11) is 0. The summed E-state index contributed by atoms with van der Waals surface area (Å²) >= 11 is 0. The normalized spacial score (nSPS) is 15.9. The summed E-state index contributed by atoms with van der Waals surface area (Å²) in [5, 5.41) is 3.05. The Hall–Kier alpha value is -2.53. The van der Waals surface area contributed by atoms with Gasteiger partial charge in [-0.1, -0.05) is 51.1 Å². The largest absolute Gasteiger partial charge is 0.458 e. The monoisotopic (exact) mass is 407 g/mol. The molecule has 1 aliphatic rings. The fourth-order valence-electron chi connectivity index (χ4n) is 4.12. The number of aromatic nitrogens is 1. The molecule has 0 spiro atoms. The molecule has 1 fully saturated rings. The van der Waals surface area contributed by atoms with Crippen LogP contribution in [-0.4, -0.2) is 35.0 Å². The zero-order valence-corrected chi connectivity index (χ0v) is 18.4. The van der Waals surface area contributed by atoms with Crippen molar-refractivity contribution < 1.29 is 9.21 Å². The van der Waals surface area contributed by atoms with Crippen molar-refractivity contribution in [2.75, 3.05) is 19.6 Å². The van der Waals surface area contributed by atoms with Gasteiger partial charge in [-0.3, -0.25) is 9.69 Å². The first-order chi connectivity index (χ1) is 14.5. The fourth-order valence-corrected chi connectivity index (χ4v) is 4.12. The Morgan fingerprint density at radius 1 is 1.13 bits per heavy atom. The van der Waals surface area contributed by atoms with Gasteiger partial charge in [0.15, 0.2) is 5.58 Å². The number of furan rings is 1. The van der Waals surface area contributed by atoms with Gasteiger partial charge in [0.2, 0.25) is 0 Å². The molecule has 4 rings (SSSR count). The number of piperidine rings is 1. The maximum atomic E-state index is 12.9. The summed E-state index contributed by atoms with van der Waals surface area (Å²) in [6.45, 7) is 10.9. The third-order valence-electron chi connectivity index (χ3n) is 5.98. The van der Waals surface area contributed by atoms with Crippen LogP contribution in [0.4, 0.5) is 0 Å². The van der Waals surface area contributed by atoms with E-state index in [1.54, 1.807) is 0 Å². The number of benzene rings is 1. The number of hydrogen-bond donors (Lipinski definition) is 1. The maximum Gasteiger partial charge on any atom is 0.268 e. The van der Waals surface area contributed by atoms with Gasteiger partial charge in [-0.25, -0.2) is 0 Å². The van der Waals surface area contributed by atoms with Gasteiger partial charge >= 0.3 is 0 Å². The van der Waals surface area contributed by atoms with Crippen LogP contribution in [0.25, 0.3) is 11.1 Å². The minimum atomic E-state index is -0.0439. The van der Waals surface area contributed by atoms with E-state index < -0.39 is 0 Å². The van der Waals surface area contributed by atoms with Crippen LogP contribution in [0.1, 0.15) is 55.4 Å². The lowest BCUT2D eigenvalue weighted by atomic mass is 9.99. The molecule has 0 saturated carbocycles. The van der Waals surface area contributed by atoms with Gasteiger partial charge in [0, 0.05) is 25.2 Å². The predicted molar refractivity (Wildman–Crippen MR) is 121 cm³/mol. The minimum Gasteiger partial charge on any atom is -0.458 e. The molecule has 5 nitrogen and oxygen atoms in total. The van der Waals surface area contributed by atoms with E-state index in [0.29, 0.717) is 24.7 Å². The van der Waals surface area contributed by atoms with Crippen LogP contribution in [-0.2, 0) is 13.1 Å². The maximum absolute atomic E-state index is 12.9. The van der Waals surface area contributed by atoms with Crippen LogP contribution in [0.2, 0.25) is 0 Å². The molecule has 3 aromatic rings. The summed E-state index contributed by atoms with van der Waals surface area (Å²) in [4.78, 5) is 15.3. The third-order valence-corrected chi connectivity index (χ3v) is 5.98. The molecule has 1 aliphatic heterocycles. The number of nitrogens with one attached hydrogen (secondary N) is 1. The highest BCUT2D eigenvalue weighted by atomic mass is 16.3. The predicted octanol–water partition coefficient (Wildman–Crippen LogP) is 4.90. The van der Waals surface area contributed by atoms with Crippen LogP contribution < -0.4 is 5.32 Å². The lowest BCUT2D eigenvalue weighted by Crippen LogP contribution is -2.32. The number of nitrogens with zero attached hydrogens (tertiary/aromatic N) is 2. The van der Waals surface area contributed by atoms with E-state index in [1.807, 2.05) is 24.3 Å². The highest BCUT2D eigenvalue weighted by Gasteiger charge is 2.21. The topological polar surface area (TPSA) is 50.4 Å². The first-order valence-electron chi connectivity index (χ1n) is 11.2. The van der Waals surface area contributed by atoms with Gasteiger partial charge in [-0.15, -0.1) is 0 Å². The van der Waals surface area contributed by atoms with Crippen LogP contribution in [0.5, 0.6) is 0 Å². The molecule has 5 heteroatoms. The molecule has 3 heterocycles. The van der Waals surface area contributed by atoms with E-state index in [0.717, 1.165) is 42.4 Å². The third kappa shape index (κ3) is 4.78. The molecule has 30 heavy (non-hydrogen) atoms. The van der Waals surface area contributed by atoms with Crippen LogP contribution in [0, 0.1) is 11.8 Å². The number of fused-ring (bicyclic) bond motifs is 1. The molecule has 0 atom stereocenters. The zero-order valence-electron chi connectivity index (χ0n) is 18.4. The minimum absolute atomic E-state index is 0.0439. The van der Waals surface area contributed by atoms with Gasteiger partial charge in [-0.2, -0.15) is 0 Å². The summed E-state index contributed by atoms with van der Waals surface area (Å²) in [5.74, 6) is 2.16. The van der Waals surface area contributed by atoms with Gasteiger partial charge in [0.05, 0.1) is 12.1 Å². The molecular formula is C25H33N3O2. The molecule has 2 aromatic heterocycles. The molecule has 160 valence electrons. The lowest BCUT2D eigenvalue weighted by Gasteiger charge is -2.29. The number of likely N-dealkylation sites (tertiary alicyclic amines) is 1. The number of amides is 1. The first-order valence-corrected chi connectivity index (χ1v) is 11.2. The number of carbonyl (C=O) groups excluding carboxylic acids is 1. The number of carbonyl (C=O) groups is 1. The van der Waals surface area contributed by atoms with Crippen LogP contribution in [0.3, 0.4) is 0 Å². The Morgan fingerprint density at radius 2 is 1.87 bits per heavy atom. The fraction of sp³-hybridized carbons (Fsp3) is 0.480. The lowest BCUT2D eigenvalue weighted by molar-refractivity contribution is 0.0940. The van der Waals surface area contributed by atoms with Crippen molar-refractivity contribution in [1.29, 1.82) is 0 Å². The Morgan fingerprint density at radius 3 is 2.57 bits per heavy atom. The van der Waals surface area contributed by atoms with Crippen molar-refractivity contribution in [2.45, 2.75) is 46.7 Å². The van der Waals surface area contributed by atoms with Crippen molar-refractivity contribution in [2.24, 2.45) is 11.8 Å². The average molecular weight is 408 g/mol. The van der Waals surface area contributed by atoms with Crippen LogP contribution >= 0.6 is 0 Å². The second-order valence-electron chi connectivity index (χ2n) is 9.13. The summed E-state index contributed by atoms with van der Waals surface area (Å²) in [6, 6.07) is 14.3. The molecule has 0 aliphatic carbocycles. The zero-order chi connectivity index (χ0) is 21.1. The van der Waals surface area contributed by atoms with Crippen molar-refractivity contribution >= 4 is 17.0 Å². The molecule has 1 N–H and O–H groups in total. The van der Waals surface area contributed by atoms with Crippen molar-refractivity contribution in [3.8, 4) is 0 Å². The molecular weight excluding hydrogens is 374 g/mol. The van der Waals surface area contributed by atoms with Gasteiger partial charge in [0.1, 0.15) is 11.5 Å². The van der Waals surface area contributed by atoms with Crippen LogP contribution in [0.15, 0.2) is 46.9 Å². The van der Waals surface area contributed by atoms with E-state index >= 15 is 0 Å². The van der Waals surface area contributed by atoms with E-state index in [1.165, 1.54) is 18.4 Å². The quantitative estimate of drug-likeness (QED) is 0.606. The Bertz CT molecular complexity index is 979. The summed E-state index contributed by atoms with van der Waals surface area (Å²) in [6.07, 6.45) is 2.50. The molecule has 0 radical (unpaired) electrons. The first kappa shape index (κ1) is 20.7. The average Bonchev–Trinajstić information content (AvgIpc) is 3.27. The van der Waals surface area contributed by atoms with Crippen molar-refractivity contribution in [3.05, 3.63) is 59.5 Å². The van der Waals surface area contributed by atoms with E-state index in [9.17, 15) is 4.79 Å². The van der Waals surface area contributed by atoms with Gasteiger partial charge < -0.3 is 14.3 Å². The van der Waals surface area contributed by atoms with Gasteiger partial charge in [-0.05, 0) is 43.3 Å². The Balaban J connectivity index is 1.61. The smallest absolute Gasteiger partial charge is 0.268 e. The number of hydrogen-bond acceptors (Lipinski definition) is 3. The SMILES string of the molecule is CC(C)CNC(=O)c1cc2oc(CN3CCC(C)CC3)cc2n1Cc1ccccc1. The second-order valence-corrected chi connectivity index (χ2v) is 9.13. The second kappa shape index (κ2) is 9.09. The summed E-state index contributed by atoms with van der Waals surface area (Å²) < 4.78 is 8.28. The molecule has 1 aromatic carbocycles. The van der Waals surface area contributed by atoms with Crippen molar-refractivity contribution in [1.82, 2.24) is 14.8 Å². The molecule has 0 bridgehead atoms. The summed E-state index contributed by atoms with van der Waals surface area (Å²) in [5.41, 5.74) is 3.61. The standard InChI is InChI=1S/C25H33N3O2/c1-18(2)15-26-25(29)23-14-24-22(28(23)16-20-7-5-4-6-8-20)13-21(30-24)17-27-11-9-19(3)10-12-27/h4-8,13-14,18-19H,9-12,15-17H2,1-3H3,(H,26,29). The number of rotatable bonds is 7. The molecule has 0 unspecified atom stereocenters. The van der Waals surface area contributed by atoms with E-state index in [2.05, 4.69) is 53.8 Å². The Labute approximate surface area is 179 Å². The highest BCUT2D eigenvalue weighted by Crippen LogP contribution is 2.27. The molecule has 1 amide bonds. The van der Waals surface area contributed by atoms with E-state index in [4.69, 9.17) is 4.42 Å².